The number of carbonyl (C=O) groups is 3. The molecule has 0 spiro atoms. The zero-order valence-electron chi connectivity index (χ0n) is 18.4. The molecule has 4 heterocycles. The molecule has 2 atom stereocenters. The van der Waals surface area contributed by atoms with Crippen molar-refractivity contribution in [3.8, 4) is 0 Å². The van der Waals surface area contributed by atoms with E-state index >= 15 is 0 Å². The number of thiophene rings is 1. The number of carbonyl (C=O) groups excluding carboxylic acids is 2. The number of aliphatic carboxylic acids is 1. The van der Waals surface area contributed by atoms with Gasteiger partial charge in [0.2, 0.25) is 5.91 Å². The van der Waals surface area contributed by atoms with Crippen molar-refractivity contribution in [2.75, 3.05) is 25.2 Å². The van der Waals surface area contributed by atoms with Crippen LogP contribution in [0.5, 0.6) is 0 Å². The van der Waals surface area contributed by atoms with Gasteiger partial charge < -0.3 is 15.2 Å². The van der Waals surface area contributed by atoms with E-state index in [2.05, 4.69) is 15.5 Å². The summed E-state index contributed by atoms with van der Waals surface area (Å²) in [4.78, 5) is 63.1. The number of carboxylic acids is 1. The molecule has 2 aliphatic rings. The number of H-pyrrole nitrogens is 1. The summed E-state index contributed by atoms with van der Waals surface area (Å²) in [5.41, 5.74) is -1.32. The van der Waals surface area contributed by atoms with Gasteiger partial charge in [-0.05, 0) is 17.0 Å². The Labute approximate surface area is 210 Å². The number of carboxylic acid groups (broad SMARTS) is 1. The number of ether oxygens (including phenoxy) is 1. The SMILES string of the molecule is COCCn1c(SCC2=C(C(=O)O)N3C(=O)[C@@H](NC(=O)Cc4cccs4)[C@@H]3SC2)n[nH]c(=O)c1=O. The summed E-state index contributed by atoms with van der Waals surface area (Å²) in [6, 6.07) is 2.87. The zero-order valence-corrected chi connectivity index (χ0v) is 20.8. The van der Waals surface area contributed by atoms with E-state index in [9.17, 15) is 29.1 Å². The molecule has 0 aromatic carbocycles. The number of amides is 2. The zero-order chi connectivity index (χ0) is 25.1. The van der Waals surface area contributed by atoms with E-state index < -0.39 is 34.4 Å². The van der Waals surface area contributed by atoms with E-state index in [1.807, 2.05) is 17.5 Å². The van der Waals surface area contributed by atoms with Crippen LogP contribution in [0, 0.1) is 0 Å². The quantitative estimate of drug-likeness (QED) is 0.208. The van der Waals surface area contributed by atoms with Crippen LogP contribution in [0.15, 0.2) is 43.5 Å². The van der Waals surface area contributed by atoms with Crippen LogP contribution in [0.3, 0.4) is 0 Å². The number of nitrogens with one attached hydrogen (secondary N) is 2. The molecule has 0 radical (unpaired) electrons. The number of fused-ring (bicyclic) bond motifs is 1. The second-order valence-corrected chi connectivity index (χ2v) is 10.6. The Kier molecular flexibility index (Phi) is 7.78. The minimum absolute atomic E-state index is 0.105. The Morgan fingerprint density at radius 3 is 2.86 bits per heavy atom. The van der Waals surface area contributed by atoms with E-state index in [4.69, 9.17) is 4.74 Å². The summed E-state index contributed by atoms with van der Waals surface area (Å²) < 4.78 is 6.14. The highest BCUT2D eigenvalue weighted by molar-refractivity contribution is 8.01. The molecular formula is C20H21N5O7S3. The monoisotopic (exact) mass is 539 g/mol. The summed E-state index contributed by atoms with van der Waals surface area (Å²) in [6.07, 6.45) is 0.152. The smallest absolute Gasteiger partial charge is 0.352 e. The number of hydrogen-bond donors (Lipinski definition) is 3. The normalized spacial score (nSPS) is 19.3. The first-order chi connectivity index (χ1) is 16.8. The van der Waals surface area contributed by atoms with Crippen LogP contribution in [0.4, 0.5) is 0 Å². The van der Waals surface area contributed by atoms with Crippen LogP contribution in [-0.4, -0.2) is 79.2 Å². The summed E-state index contributed by atoms with van der Waals surface area (Å²) >= 11 is 3.87. The average Bonchev–Trinajstić information content (AvgIpc) is 3.34. The van der Waals surface area contributed by atoms with Gasteiger partial charge in [-0.25, -0.2) is 9.89 Å². The molecule has 12 nitrogen and oxygen atoms in total. The fourth-order valence-electron chi connectivity index (χ4n) is 3.65. The van der Waals surface area contributed by atoms with Gasteiger partial charge in [-0.3, -0.25) is 28.6 Å². The standard InChI is InChI=1S/C20H21N5O7S3/c1-32-5-4-24-17(29)15(27)22-23-20(24)35-9-10-8-34-18-13(16(28)25(18)14(10)19(30)31)21-12(26)7-11-3-2-6-33-11/h2-3,6,13,18H,4-5,7-9H2,1H3,(H,21,26)(H,22,27)(H,30,31)/t13-,18+/m1/s1. The van der Waals surface area contributed by atoms with Crippen molar-refractivity contribution in [3.05, 3.63) is 54.4 Å². The lowest BCUT2D eigenvalue weighted by atomic mass is 10.0. The van der Waals surface area contributed by atoms with Crippen molar-refractivity contribution in [1.29, 1.82) is 0 Å². The second kappa shape index (κ2) is 10.8. The first-order valence-corrected chi connectivity index (χ1v) is 13.3. The highest BCUT2D eigenvalue weighted by Gasteiger charge is 2.54. The van der Waals surface area contributed by atoms with E-state index in [-0.39, 0.29) is 42.1 Å². The second-order valence-electron chi connectivity index (χ2n) is 7.54. The minimum Gasteiger partial charge on any atom is -0.477 e. The molecule has 35 heavy (non-hydrogen) atoms. The number of rotatable bonds is 10. The van der Waals surface area contributed by atoms with E-state index in [1.165, 1.54) is 39.7 Å². The number of hydrogen-bond acceptors (Lipinski definition) is 10. The van der Waals surface area contributed by atoms with Crippen LogP contribution in [0.25, 0.3) is 0 Å². The van der Waals surface area contributed by atoms with Crippen molar-refractivity contribution in [3.63, 3.8) is 0 Å². The molecule has 4 rings (SSSR count). The molecule has 2 amide bonds. The Hall–Kier alpha value is -2.88. The van der Waals surface area contributed by atoms with Crippen molar-refractivity contribution in [2.24, 2.45) is 0 Å². The molecule has 1 fully saturated rings. The summed E-state index contributed by atoms with van der Waals surface area (Å²) in [6.45, 7) is 0.286. The molecule has 1 saturated heterocycles. The molecule has 2 aliphatic heterocycles. The summed E-state index contributed by atoms with van der Waals surface area (Å²) in [5.74, 6) is -1.60. The number of β-lactam (4-membered cyclic amide) rings is 1. The molecule has 15 heteroatoms. The lowest BCUT2D eigenvalue weighted by Crippen LogP contribution is -2.70. The third-order valence-electron chi connectivity index (χ3n) is 5.30. The molecular weight excluding hydrogens is 518 g/mol. The van der Waals surface area contributed by atoms with Gasteiger partial charge in [-0.1, -0.05) is 17.8 Å². The summed E-state index contributed by atoms with van der Waals surface area (Å²) in [7, 11) is 1.46. The Bertz CT molecular complexity index is 1290. The Morgan fingerprint density at radius 2 is 2.17 bits per heavy atom. The molecule has 186 valence electrons. The van der Waals surface area contributed by atoms with Crippen LogP contribution in [0.2, 0.25) is 0 Å². The van der Waals surface area contributed by atoms with Gasteiger partial charge in [0, 0.05) is 23.5 Å². The number of aromatic nitrogens is 3. The van der Waals surface area contributed by atoms with Crippen LogP contribution in [-0.2, 0) is 32.1 Å². The molecule has 2 aromatic heterocycles. The maximum Gasteiger partial charge on any atom is 0.352 e. The van der Waals surface area contributed by atoms with Gasteiger partial charge in [0.15, 0.2) is 5.16 Å². The highest BCUT2D eigenvalue weighted by atomic mass is 32.2. The molecule has 3 N–H and O–H groups in total. The van der Waals surface area contributed by atoms with E-state index in [0.29, 0.717) is 11.3 Å². The molecule has 0 unspecified atom stereocenters. The van der Waals surface area contributed by atoms with Crippen LogP contribution >= 0.6 is 34.9 Å². The molecule has 0 bridgehead atoms. The average molecular weight is 540 g/mol. The first kappa shape index (κ1) is 25.2. The van der Waals surface area contributed by atoms with Crippen molar-refractivity contribution in [2.45, 2.75) is 29.5 Å². The number of methoxy groups -OCH3 is 1. The van der Waals surface area contributed by atoms with Crippen LogP contribution in [0.1, 0.15) is 4.88 Å². The van der Waals surface area contributed by atoms with Gasteiger partial charge in [0.1, 0.15) is 17.1 Å². The number of thioether (sulfide) groups is 2. The minimum atomic E-state index is -1.26. The predicted molar refractivity (Wildman–Crippen MR) is 129 cm³/mol. The van der Waals surface area contributed by atoms with Crippen molar-refractivity contribution >= 4 is 52.6 Å². The molecule has 0 aliphatic carbocycles. The maximum absolute atomic E-state index is 12.8. The Morgan fingerprint density at radius 1 is 1.37 bits per heavy atom. The van der Waals surface area contributed by atoms with Crippen molar-refractivity contribution in [1.82, 2.24) is 25.0 Å². The molecule has 2 aromatic rings. The van der Waals surface area contributed by atoms with Gasteiger partial charge in [-0.2, -0.15) is 0 Å². The maximum atomic E-state index is 12.8. The van der Waals surface area contributed by atoms with Gasteiger partial charge in [0.25, 0.3) is 5.91 Å². The first-order valence-electron chi connectivity index (χ1n) is 10.3. The highest BCUT2D eigenvalue weighted by Crippen LogP contribution is 2.41. The van der Waals surface area contributed by atoms with E-state index in [1.54, 1.807) is 0 Å². The lowest BCUT2D eigenvalue weighted by Gasteiger charge is -2.49. The number of nitrogens with zero attached hydrogens (tertiary/aromatic N) is 3. The lowest BCUT2D eigenvalue weighted by molar-refractivity contribution is -0.150. The molecule has 0 saturated carbocycles. The predicted octanol–water partition coefficient (Wildman–Crippen LogP) is -0.287. The topological polar surface area (TPSA) is 164 Å². The van der Waals surface area contributed by atoms with E-state index in [0.717, 1.165) is 16.6 Å². The fraction of sp³-hybridized carbons (Fsp3) is 0.400. The third kappa shape index (κ3) is 5.22. The van der Waals surface area contributed by atoms with Gasteiger partial charge in [0.05, 0.1) is 19.6 Å². The van der Waals surface area contributed by atoms with Crippen LogP contribution < -0.4 is 16.4 Å². The summed E-state index contributed by atoms with van der Waals surface area (Å²) in [5, 5.41) is 20.2. The van der Waals surface area contributed by atoms with Gasteiger partial charge >= 0.3 is 17.1 Å². The largest absolute Gasteiger partial charge is 0.477 e. The number of aromatic amines is 1. The Balaban J connectivity index is 1.48. The van der Waals surface area contributed by atoms with Crippen molar-refractivity contribution < 1.29 is 24.2 Å². The third-order valence-corrected chi connectivity index (χ3v) is 8.58. The fourth-order valence-corrected chi connectivity index (χ4v) is 6.81. The van der Waals surface area contributed by atoms with Gasteiger partial charge in [-0.15, -0.1) is 28.2 Å².